The van der Waals surface area contributed by atoms with E-state index in [1.54, 1.807) is 0 Å². The Morgan fingerprint density at radius 1 is 0.411 bits per heavy atom. The van der Waals surface area contributed by atoms with Crippen molar-refractivity contribution in [2.45, 2.75) is 0 Å². The molecule has 12 rings (SSSR count). The molecule has 0 amide bonds. The van der Waals surface area contributed by atoms with Crippen molar-refractivity contribution in [1.82, 2.24) is 9.97 Å². The zero-order chi connectivity index (χ0) is 36.7. The fourth-order valence-electron chi connectivity index (χ4n) is 8.61. The molecule has 0 saturated heterocycles. The van der Waals surface area contributed by atoms with E-state index in [1.165, 1.54) is 58.4 Å². The summed E-state index contributed by atoms with van der Waals surface area (Å²) in [6.07, 6.45) is 3.78. The van der Waals surface area contributed by atoms with Gasteiger partial charge in [0.1, 0.15) is 11.2 Å². The first-order valence-electron chi connectivity index (χ1n) is 18.9. The molecule has 0 aliphatic rings. The summed E-state index contributed by atoms with van der Waals surface area (Å²) in [5, 5.41) is 11.8. The molecule has 56 heavy (non-hydrogen) atoms. The summed E-state index contributed by atoms with van der Waals surface area (Å²) in [5.41, 5.74) is 10.6. The van der Waals surface area contributed by atoms with Gasteiger partial charge in [-0.05, 0) is 80.5 Å². The van der Waals surface area contributed by atoms with E-state index in [9.17, 15) is 0 Å². The van der Waals surface area contributed by atoms with E-state index < -0.39 is 0 Å². The summed E-state index contributed by atoms with van der Waals surface area (Å²) in [6, 6.07) is 61.0. The molecule has 4 heterocycles. The first kappa shape index (κ1) is 31.2. The van der Waals surface area contributed by atoms with Crippen molar-refractivity contribution in [1.29, 1.82) is 0 Å². The Morgan fingerprint density at radius 3 is 1.84 bits per heavy atom. The molecule has 0 saturated carbocycles. The minimum Gasteiger partial charge on any atom is -0.456 e. The molecule has 0 fully saturated rings. The largest absolute Gasteiger partial charge is 0.456 e. The molecule has 4 aromatic heterocycles. The first-order valence-corrected chi connectivity index (χ1v) is 19.7. The SMILES string of the molecule is c1cncc(-c2cccc3c2sc2c(-c4ccc(-c5cc6c(ccc7oc8cc9ccccc9cc8c76)c(-c6ccc7ccccc7c6)n5)cc4)cccc23)c1. The highest BCUT2D eigenvalue weighted by Crippen LogP contribution is 2.45. The van der Waals surface area contributed by atoms with Gasteiger partial charge in [0.2, 0.25) is 0 Å². The molecular formula is C52H30N2OS. The van der Waals surface area contributed by atoms with Crippen LogP contribution in [-0.4, -0.2) is 9.97 Å². The summed E-state index contributed by atoms with van der Waals surface area (Å²) >= 11 is 1.86. The fraction of sp³-hybridized carbons (Fsp3) is 0. The number of thiophene rings is 1. The highest BCUT2D eigenvalue weighted by Gasteiger charge is 2.19. The number of fused-ring (bicyclic) bond motifs is 10. The number of benzene rings is 8. The lowest BCUT2D eigenvalue weighted by Gasteiger charge is -2.13. The molecule has 0 aliphatic carbocycles. The maximum absolute atomic E-state index is 6.55. The zero-order valence-corrected chi connectivity index (χ0v) is 30.8. The Balaban J connectivity index is 1.05. The fourth-order valence-corrected chi connectivity index (χ4v) is 9.98. The third kappa shape index (κ3) is 4.83. The average Bonchev–Trinajstić information content (AvgIpc) is 3.84. The quantitative estimate of drug-likeness (QED) is 0.181. The Bertz CT molecular complexity index is 3530. The summed E-state index contributed by atoms with van der Waals surface area (Å²) < 4.78 is 9.12. The van der Waals surface area contributed by atoms with Crippen LogP contribution >= 0.6 is 11.3 Å². The van der Waals surface area contributed by atoms with Crippen LogP contribution < -0.4 is 0 Å². The number of hydrogen-bond donors (Lipinski definition) is 0. The summed E-state index contributed by atoms with van der Waals surface area (Å²) in [7, 11) is 0. The van der Waals surface area contributed by atoms with Crippen molar-refractivity contribution in [2.75, 3.05) is 0 Å². The van der Waals surface area contributed by atoms with Gasteiger partial charge in [0.15, 0.2) is 0 Å². The zero-order valence-electron chi connectivity index (χ0n) is 30.0. The van der Waals surface area contributed by atoms with E-state index in [0.29, 0.717) is 0 Å². The second-order valence-corrected chi connectivity index (χ2v) is 15.6. The van der Waals surface area contributed by atoms with Gasteiger partial charge in [0.05, 0.1) is 11.4 Å². The van der Waals surface area contributed by atoms with Gasteiger partial charge in [-0.25, -0.2) is 4.98 Å². The van der Waals surface area contributed by atoms with Crippen LogP contribution in [0.3, 0.4) is 0 Å². The minimum atomic E-state index is 0.878. The second kappa shape index (κ2) is 12.2. The molecule has 0 spiro atoms. The van der Waals surface area contributed by atoms with Gasteiger partial charge < -0.3 is 4.42 Å². The normalized spacial score (nSPS) is 11.9. The van der Waals surface area contributed by atoms with Crippen LogP contribution in [0, 0.1) is 0 Å². The van der Waals surface area contributed by atoms with Crippen LogP contribution in [-0.2, 0) is 0 Å². The molecule has 0 atom stereocenters. The highest BCUT2D eigenvalue weighted by molar-refractivity contribution is 7.26. The maximum Gasteiger partial charge on any atom is 0.136 e. The van der Waals surface area contributed by atoms with E-state index in [-0.39, 0.29) is 0 Å². The van der Waals surface area contributed by atoms with Crippen molar-refractivity contribution < 1.29 is 4.42 Å². The summed E-state index contributed by atoms with van der Waals surface area (Å²) in [6.45, 7) is 0. The Hall–Kier alpha value is -7.14. The van der Waals surface area contributed by atoms with Crippen LogP contribution in [0.15, 0.2) is 187 Å². The van der Waals surface area contributed by atoms with Crippen molar-refractivity contribution in [3.63, 3.8) is 0 Å². The van der Waals surface area contributed by atoms with Crippen LogP contribution in [0.1, 0.15) is 0 Å². The van der Waals surface area contributed by atoms with Gasteiger partial charge in [0.25, 0.3) is 0 Å². The molecule has 4 heteroatoms. The number of pyridine rings is 2. The molecule has 0 aliphatic heterocycles. The Kier molecular flexibility index (Phi) is 6.80. The van der Waals surface area contributed by atoms with E-state index >= 15 is 0 Å². The number of furan rings is 1. The molecule has 0 unspecified atom stereocenters. The highest BCUT2D eigenvalue weighted by atomic mass is 32.1. The summed E-state index contributed by atoms with van der Waals surface area (Å²) in [4.78, 5) is 9.86. The Morgan fingerprint density at radius 2 is 1.09 bits per heavy atom. The average molecular weight is 731 g/mol. The van der Waals surface area contributed by atoms with E-state index in [2.05, 4.69) is 169 Å². The van der Waals surface area contributed by atoms with E-state index in [4.69, 9.17) is 9.40 Å². The molecular weight excluding hydrogens is 701 g/mol. The molecule has 8 aromatic carbocycles. The number of aromatic nitrogens is 2. The topological polar surface area (TPSA) is 38.9 Å². The monoisotopic (exact) mass is 730 g/mol. The van der Waals surface area contributed by atoms with E-state index in [1.807, 2.05) is 29.8 Å². The molecule has 3 nitrogen and oxygen atoms in total. The Labute approximate surface area is 325 Å². The standard InChI is InChI=1S/C52H30N2OS/c1-2-9-34-26-37(22-17-31(34)8-1)50-41-23-24-47-49(45-27-35-10-3-4-11-36(35)28-48(45)55-47)44(41)29-46(54-50)33-20-18-32(19-21-33)39-13-5-15-42-43-16-6-14-40(52(43)56-51(39)42)38-12-7-25-53-30-38/h1-30H. The molecule has 0 radical (unpaired) electrons. The van der Waals surface area contributed by atoms with Crippen molar-refractivity contribution in [2.24, 2.45) is 0 Å². The molecule has 0 bridgehead atoms. The van der Waals surface area contributed by atoms with Crippen molar-refractivity contribution in [3.05, 3.63) is 182 Å². The lowest BCUT2D eigenvalue weighted by atomic mass is 9.95. The van der Waals surface area contributed by atoms with Gasteiger partial charge in [0, 0.05) is 71.0 Å². The van der Waals surface area contributed by atoms with Crippen LogP contribution in [0.2, 0.25) is 0 Å². The lowest BCUT2D eigenvalue weighted by molar-refractivity contribution is 0.670. The number of rotatable bonds is 4. The smallest absolute Gasteiger partial charge is 0.136 e. The predicted molar refractivity (Wildman–Crippen MR) is 236 cm³/mol. The van der Waals surface area contributed by atoms with Gasteiger partial charge in [-0.1, -0.05) is 127 Å². The minimum absolute atomic E-state index is 0.878. The lowest BCUT2D eigenvalue weighted by Crippen LogP contribution is -1.92. The van der Waals surface area contributed by atoms with Gasteiger partial charge >= 0.3 is 0 Å². The van der Waals surface area contributed by atoms with Gasteiger partial charge in [-0.15, -0.1) is 11.3 Å². The van der Waals surface area contributed by atoms with Crippen molar-refractivity contribution >= 4 is 85.8 Å². The third-order valence-electron chi connectivity index (χ3n) is 11.3. The first-order chi connectivity index (χ1) is 27.7. The number of nitrogens with zero attached hydrogens (tertiary/aromatic N) is 2. The predicted octanol–water partition coefficient (Wildman–Crippen LogP) is 14.9. The van der Waals surface area contributed by atoms with Gasteiger partial charge in [-0.3, -0.25) is 4.98 Å². The molecule has 12 aromatic rings. The van der Waals surface area contributed by atoms with E-state index in [0.717, 1.165) is 60.8 Å². The number of hydrogen-bond acceptors (Lipinski definition) is 4. The van der Waals surface area contributed by atoms with Crippen LogP contribution in [0.25, 0.3) is 119 Å². The molecule has 260 valence electrons. The maximum atomic E-state index is 6.55. The van der Waals surface area contributed by atoms with Gasteiger partial charge in [-0.2, -0.15) is 0 Å². The van der Waals surface area contributed by atoms with Crippen molar-refractivity contribution in [3.8, 4) is 44.8 Å². The third-order valence-corrected chi connectivity index (χ3v) is 12.6. The second-order valence-electron chi connectivity index (χ2n) is 14.5. The van der Waals surface area contributed by atoms with Crippen LogP contribution in [0.5, 0.6) is 0 Å². The summed E-state index contributed by atoms with van der Waals surface area (Å²) in [5.74, 6) is 0. The van der Waals surface area contributed by atoms with Crippen LogP contribution in [0.4, 0.5) is 0 Å². The molecule has 0 N–H and O–H groups in total.